The normalized spacial score (nSPS) is 17.9. The van der Waals surface area contributed by atoms with E-state index in [1.54, 1.807) is 0 Å². The molecule has 0 radical (unpaired) electrons. The summed E-state index contributed by atoms with van der Waals surface area (Å²) in [5.74, 6) is -0.270. The maximum absolute atomic E-state index is 13.1. The first kappa shape index (κ1) is 20.8. The lowest BCUT2D eigenvalue weighted by Gasteiger charge is -2.32. The van der Waals surface area contributed by atoms with Gasteiger partial charge < -0.3 is 25.4 Å². The zero-order valence-electron chi connectivity index (χ0n) is 18.7. The van der Waals surface area contributed by atoms with E-state index in [0.29, 0.717) is 5.56 Å². The second-order valence-electron chi connectivity index (χ2n) is 9.17. The second-order valence-corrected chi connectivity index (χ2v) is 9.17. The number of aromatic nitrogens is 1. The summed E-state index contributed by atoms with van der Waals surface area (Å²) < 4.78 is 0. The van der Waals surface area contributed by atoms with Crippen LogP contribution in [0, 0.1) is 0 Å². The van der Waals surface area contributed by atoms with Crippen molar-refractivity contribution in [3.8, 4) is 0 Å². The number of rotatable bonds is 4. The first-order valence-electron chi connectivity index (χ1n) is 11.6. The topological polar surface area (TPSA) is 85.7 Å². The fourth-order valence-electron chi connectivity index (χ4n) is 5.11. The van der Waals surface area contributed by atoms with Crippen LogP contribution >= 0.6 is 0 Å². The van der Waals surface area contributed by atoms with Gasteiger partial charge in [0.15, 0.2) is 0 Å². The van der Waals surface area contributed by atoms with Crippen LogP contribution in [-0.4, -0.2) is 72.9 Å². The average Bonchev–Trinajstić information content (AvgIpc) is 3.19. The van der Waals surface area contributed by atoms with E-state index in [0.717, 1.165) is 66.6 Å². The summed E-state index contributed by atoms with van der Waals surface area (Å²) in [6, 6.07) is 10.1. The van der Waals surface area contributed by atoms with Gasteiger partial charge in [-0.15, -0.1) is 0 Å². The molecular formula is C25H31N5O2. The van der Waals surface area contributed by atoms with Crippen LogP contribution in [0.3, 0.4) is 0 Å². The predicted molar refractivity (Wildman–Crippen MR) is 128 cm³/mol. The van der Waals surface area contributed by atoms with Gasteiger partial charge in [-0.2, -0.15) is 0 Å². The van der Waals surface area contributed by atoms with Crippen molar-refractivity contribution in [1.29, 1.82) is 0 Å². The number of primary amides is 1. The molecule has 3 aromatic rings. The summed E-state index contributed by atoms with van der Waals surface area (Å²) in [4.78, 5) is 35.0. The number of piperazine rings is 1. The Bertz CT molecular complexity index is 1170. The summed E-state index contributed by atoms with van der Waals surface area (Å²) in [6.07, 6.45) is 3.84. The largest absolute Gasteiger partial charge is 0.371 e. The number of hydrogen-bond donors (Lipinski definition) is 2. The fraction of sp³-hybridized carbons (Fsp3) is 0.440. The minimum absolute atomic E-state index is 0.0762. The molecule has 5 rings (SSSR count). The summed E-state index contributed by atoms with van der Waals surface area (Å²) >= 11 is 0. The highest BCUT2D eigenvalue weighted by atomic mass is 16.2. The molecule has 2 fully saturated rings. The molecule has 1 aromatic heterocycles. The number of piperidine rings is 1. The van der Waals surface area contributed by atoms with E-state index in [1.165, 1.54) is 24.9 Å². The van der Waals surface area contributed by atoms with Gasteiger partial charge >= 0.3 is 0 Å². The van der Waals surface area contributed by atoms with Crippen LogP contribution < -0.4 is 10.6 Å². The molecule has 7 heteroatoms. The van der Waals surface area contributed by atoms with Gasteiger partial charge in [-0.25, -0.2) is 0 Å². The van der Waals surface area contributed by atoms with Gasteiger partial charge in [-0.3, -0.25) is 9.59 Å². The summed E-state index contributed by atoms with van der Waals surface area (Å²) in [7, 11) is 2.09. The number of carbonyl (C=O) groups excluding carboxylic acids is 2. The maximum Gasteiger partial charge on any atom is 0.254 e. The molecule has 0 spiro atoms. The fourth-order valence-corrected chi connectivity index (χ4v) is 5.11. The number of nitrogens with one attached hydrogen (secondary N) is 1. The molecule has 2 amide bonds. The Hall–Kier alpha value is -3.06. The maximum atomic E-state index is 13.1. The quantitative estimate of drug-likeness (QED) is 0.663. The number of benzene rings is 2. The van der Waals surface area contributed by atoms with Crippen molar-refractivity contribution in [2.45, 2.75) is 25.7 Å². The third-order valence-electron chi connectivity index (χ3n) is 6.92. The number of anilines is 1. The zero-order valence-corrected chi connectivity index (χ0v) is 18.7. The Labute approximate surface area is 188 Å². The van der Waals surface area contributed by atoms with Crippen molar-refractivity contribution in [1.82, 2.24) is 14.8 Å². The molecule has 0 saturated carbocycles. The number of H-pyrrole nitrogens is 1. The standard InChI is InChI=1S/C25H31N5O2/c1-28-11-13-30(14-12-28)25(32)18-5-7-19-20(15-18)27-24-17(16-22(26)31)6-8-21(23(19)24)29-9-3-2-4-10-29/h5-8,15,27H,2-4,9-14,16H2,1H3,(H2,26,31). The molecule has 0 atom stereocenters. The van der Waals surface area contributed by atoms with Crippen molar-refractivity contribution in [3.05, 3.63) is 41.5 Å². The molecule has 2 aliphatic heterocycles. The molecule has 168 valence electrons. The van der Waals surface area contributed by atoms with Crippen LogP contribution in [0.2, 0.25) is 0 Å². The Balaban J connectivity index is 1.59. The van der Waals surface area contributed by atoms with E-state index in [-0.39, 0.29) is 18.2 Å². The van der Waals surface area contributed by atoms with Gasteiger partial charge in [0.1, 0.15) is 0 Å². The molecule has 0 aliphatic carbocycles. The number of likely N-dealkylation sites (N-methyl/N-ethyl adjacent to an activating group) is 1. The van der Waals surface area contributed by atoms with Crippen molar-refractivity contribution < 1.29 is 9.59 Å². The molecule has 2 saturated heterocycles. The minimum atomic E-state index is -0.346. The van der Waals surface area contributed by atoms with E-state index in [1.807, 2.05) is 23.1 Å². The lowest BCUT2D eigenvalue weighted by molar-refractivity contribution is -0.117. The van der Waals surface area contributed by atoms with Crippen LogP contribution in [0.5, 0.6) is 0 Å². The van der Waals surface area contributed by atoms with Gasteiger partial charge in [0.25, 0.3) is 5.91 Å². The number of carbonyl (C=O) groups is 2. The van der Waals surface area contributed by atoms with Crippen LogP contribution in [-0.2, 0) is 11.2 Å². The summed E-state index contributed by atoms with van der Waals surface area (Å²) in [6.45, 7) is 5.38. The second kappa shape index (κ2) is 8.47. The summed E-state index contributed by atoms with van der Waals surface area (Å²) in [5, 5.41) is 2.21. The van der Waals surface area contributed by atoms with E-state index in [9.17, 15) is 9.59 Å². The zero-order chi connectivity index (χ0) is 22.2. The third kappa shape index (κ3) is 3.81. The molecule has 32 heavy (non-hydrogen) atoms. The highest BCUT2D eigenvalue weighted by Crippen LogP contribution is 2.37. The van der Waals surface area contributed by atoms with Crippen molar-refractivity contribution in [2.24, 2.45) is 5.73 Å². The number of nitrogens with two attached hydrogens (primary N) is 1. The van der Waals surface area contributed by atoms with E-state index in [4.69, 9.17) is 5.73 Å². The van der Waals surface area contributed by atoms with Crippen molar-refractivity contribution in [2.75, 3.05) is 51.2 Å². The van der Waals surface area contributed by atoms with Crippen LogP contribution in [0.15, 0.2) is 30.3 Å². The Morgan fingerprint density at radius 1 is 0.969 bits per heavy atom. The monoisotopic (exact) mass is 433 g/mol. The SMILES string of the molecule is CN1CCN(C(=O)c2ccc3c(c2)[nH]c2c(CC(N)=O)ccc(N4CCCCC4)c23)CC1. The lowest BCUT2D eigenvalue weighted by atomic mass is 10.0. The molecule has 2 aliphatic rings. The van der Waals surface area contributed by atoms with E-state index >= 15 is 0 Å². The number of aromatic amines is 1. The first-order valence-corrected chi connectivity index (χ1v) is 11.6. The van der Waals surface area contributed by atoms with Gasteiger partial charge in [0.05, 0.1) is 11.9 Å². The highest BCUT2D eigenvalue weighted by molar-refractivity contribution is 6.16. The van der Waals surface area contributed by atoms with Crippen LogP contribution in [0.4, 0.5) is 5.69 Å². The molecule has 0 unspecified atom stereocenters. The summed E-state index contributed by atoms with van der Waals surface area (Å²) in [5.41, 5.74) is 10.2. The van der Waals surface area contributed by atoms with Crippen LogP contribution in [0.25, 0.3) is 21.8 Å². The third-order valence-corrected chi connectivity index (χ3v) is 6.92. The van der Waals surface area contributed by atoms with Gasteiger partial charge in [-0.05, 0) is 50.1 Å². The van der Waals surface area contributed by atoms with Gasteiger partial charge in [-0.1, -0.05) is 12.1 Å². The van der Waals surface area contributed by atoms with E-state index in [2.05, 4.69) is 34.0 Å². The molecule has 2 aromatic carbocycles. The van der Waals surface area contributed by atoms with Gasteiger partial charge in [0.2, 0.25) is 5.91 Å². The number of nitrogens with zero attached hydrogens (tertiary/aromatic N) is 3. The first-order chi connectivity index (χ1) is 15.5. The minimum Gasteiger partial charge on any atom is -0.371 e. The van der Waals surface area contributed by atoms with E-state index < -0.39 is 0 Å². The Morgan fingerprint density at radius 3 is 2.44 bits per heavy atom. The molecule has 0 bridgehead atoms. The average molecular weight is 434 g/mol. The highest BCUT2D eigenvalue weighted by Gasteiger charge is 2.23. The number of amides is 2. The Kier molecular flexibility index (Phi) is 5.51. The molecular weight excluding hydrogens is 402 g/mol. The van der Waals surface area contributed by atoms with Crippen LogP contribution in [0.1, 0.15) is 35.2 Å². The molecule has 3 heterocycles. The molecule has 7 nitrogen and oxygen atoms in total. The number of hydrogen-bond acceptors (Lipinski definition) is 4. The number of fused-ring (bicyclic) bond motifs is 3. The smallest absolute Gasteiger partial charge is 0.254 e. The predicted octanol–water partition coefficient (Wildman–Crippen LogP) is 2.73. The molecule has 3 N–H and O–H groups in total. The Morgan fingerprint density at radius 2 is 1.72 bits per heavy atom. The van der Waals surface area contributed by atoms with Gasteiger partial charge in [0, 0.05) is 66.8 Å². The van der Waals surface area contributed by atoms with Crippen molar-refractivity contribution >= 4 is 39.3 Å². The lowest BCUT2D eigenvalue weighted by Crippen LogP contribution is -2.47. The van der Waals surface area contributed by atoms with Crippen molar-refractivity contribution in [3.63, 3.8) is 0 Å².